The van der Waals surface area contributed by atoms with Crippen LogP contribution in [0.4, 0.5) is 5.82 Å². The van der Waals surface area contributed by atoms with Crippen molar-refractivity contribution in [3.8, 4) is 0 Å². The third-order valence-corrected chi connectivity index (χ3v) is 5.62. The van der Waals surface area contributed by atoms with Gasteiger partial charge in [-0.05, 0) is 54.8 Å². The molecule has 2 N–H and O–H groups in total. The highest BCUT2D eigenvalue weighted by atomic mass is 35.5. The first-order valence-corrected chi connectivity index (χ1v) is 9.55. The van der Waals surface area contributed by atoms with Crippen LogP contribution in [0, 0.1) is 0 Å². The van der Waals surface area contributed by atoms with E-state index in [0.29, 0.717) is 17.8 Å². The van der Waals surface area contributed by atoms with Gasteiger partial charge in [0.05, 0.1) is 11.6 Å². The molecule has 6 nitrogen and oxygen atoms in total. The molecule has 1 aliphatic rings. The van der Waals surface area contributed by atoms with Gasteiger partial charge in [0.25, 0.3) is 0 Å². The van der Waals surface area contributed by atoms with Crippen LogP contribution in [-0.2, 0) is 6.54 Å². The standard InChI is InChI=1S/C20H23ClN6/c1-3-13(2)6-8-26-12-15(11-23-26)14-4-5-16(10-14)27-9-7-17-18(22)24-20(21)25-19(17)27/h3,7,9,11-12,14,16H,1-2,4-6,8,10H2,(H2,22,24,25). The summed E-state index contributed by atoms with van der Waals surface area (Å²) in [4.78, 5) is 8.43. The number of nitrogens with two attached hydrogens (primary N) is 1. The van der Waals surface area contributed by atoms with E-state index in [1.54, 1.807) is 6.08 Å². The molecule has 0 aromatic carbocycles. The highest BCUT2D eigenvalue weighted by molar-refractivity contribution is 6.28. The summed E-state index contributed by atoms with van der Waals surface area (Å²) in [7, 11) is 0. The molecule has 2 atom stereocenters. The van der Waals surface area contributed by atoms with E-state index in [1.807, 2.05) is 23.1 Å². The summed E-state index contributed by atoms with van der Waals surface area (Å²) >= 11 is 6.01. The lowest BCUT2D eigenvalue weighted by atomic mass is 10.0. The number of anilines is 1. The molecule has 0 bridgehead atoms. The number of fused-ring (bicyclic) bond motifs is 1. The number of hydrogen-bond acceptors (Lipinski definition) is 4. The summed E-state index contributed by atoms with van der Waals surface area (Å²) in [5.74, 6) is 0.930. The van der Waals surface area contributed by atoms with E-state index in [0.717, 1.165) is 48.8 Å². The fourth-order valence-electron chi connectivity index (χ4n) is 3.91. The van der Waals surface area contributed by atoms with Crippen molar-refractivity contribution in [2.45, 2.75) is 44.2 Å². The Morgan fingerprint density at radius 1 is 1.37 bits per heavy atom. The molecule has 1 aliphatic carbocycles. The number of nitrogens with zero attached hydrogens (tertiary/aromatic N) is 5. The number of halogens is 1. The molecule has 7 heteroatoms. The second-order valence-corrected chi connectivity index (χ2v) is 7.49. The van der Waals surface area contributed by atoms with E-state index >= 15 is 0 Å². The van der Waals surface area contributed by atoms with Crippen LogP contribution in [0.1, 0.15) is 43.2 Å². The second-order valence-electron chi connectivity index (χ2n) is 7.15. The highest BCUT2D eigenvalue weighted by Gasteiger charge is 2.29. The molecule has 1 fully saturated rings. The third-order valence-electron chi connectivity index (χ3n) is 5.45. The molecule has 0 spiro atoms. The van der Waals surface area contributed by atoms with Crippen molar-refractivity contribution in [2.75, 3.05) is 5.73 Å². The van der Waals surface area contributed by atoms with E-state index in [1.165, 1.54) is 5.56 Å². The van der Waals surface area contributed by atoms with Crippen LogP contribution < -0.4 is 5.73 Å². The van der Waals surface area contributed by atoms with Crippen molar-refractivity contribution in [1.82, 2.24) is 24.3 Å². The number of aryl methyl sites for hydroxylation is 1. The van der Waals surface area contributed by atoms with Crippen LogP contribution in [0.2, 0.25) is 5.28 Å². The van der Waals surface area contributed by atoms with Crippen LogP contribution in [-0.4, -0.2) is 24.3 Å². The maximum Gasteiger partial charge on any atom is 0.226 e. The van der Waals surface area contributed by atoms with E-state index in [-0.39, 0.29) is 5.28 Å². The first kappa shape index (κ1) is 17.8. The fraction of sp³-hybridized carbons (Fsp3) is 0.350. The Labute approximate surface area is 163 Å². The van der Waals surface area contributed by atoms with Crippen LogP contribution in [0.15, 0.2) is 49.5 Å². The van der Waals surface area contributed by atoms with Gasteiger partial charge in [0.15, 0.2) is 0 Å². The monoisotopic (exact) mass is 382 g/mol. The Kier molecular flexibility index (Phi) is 4.74. The van der Waals surface area contributed by atoms with E-state index in [4.69, 9.17) is 17.3 Å². The summed E-state index contributed by atoms with van der Waals surface area (Å²) in [6.07, 6.45) is 12.1. The first-order valence-electron chi connectivity index (χ1n) is 9.17. The summed E-state index contributed by atoms with van der Waals surface area (Å²) in [5, 5.41) is 5.56. The molecule has 140 valence electrons. The van der Waals surface area contributed by atoms with Gasteiger partial charge in [0.2, 0.25) is 5.28 Å². The number of aromatic nitrogens is 5. The van der Waals surface area contributed by atoms with Gasteiger partial charge in [-0.3, -0.25) is 4.68 Å². The summed E-state index contributed by atoms with van der Waals surface area (Å²) in [6.45, 7) is 8.54. The molecule has 4 rings (SSSR count). The van der Waals surface area contributed by atoms with Crippen LogP contribution in [0.3, 0.4) is 0 Å². The maximum absolute atomic E-state index is 6.01. The molecule has 0 amide bonds. The lowest BCUT2D eigenvalue weighted by molar-refractivity contribution is 0.523. The Bertz CT molecular complexity index is 1000. The van der Waals surface area contributed by atoms with Gasteiger partial charge in [0.1, 0.15) is 11.5 Å². The zero-order valence-electron chi connectivity index (χ0n) is 15.2. The number of nitrogen functional groups attached to an aromatic ring is 1. The van der Waals surface area contributed by atoms with Gasteiger partial charge >= 0.3 is 0 Å². The summed E-state index contributed by atoms with van der Waals surface area (Å²) < 4.78 is 4.19. The summed E-state index contributed by atoms with van der Waals surface area (Å²) in [6, 6.07) is 2.35. The largest absolute Gasteiger partial charge is 0.383 e. The highest BCUT2D eigenvalue weighted by Crippen LogP contribution is 2.42. The minimum Gasteiger partial charge on any atom is -0.383 e. The Balaban J connectivity index is 1.49. The van der Waals surface area contributed by atoms with Crippen molar-refractivity contribution < 1.29 is 0 Å². The lowest BCUT2D eigenvalue weighted by Gasteiger charge is -2.14. The Hall–Kier alpha value is -2.60. The smallest absolute Gasteiger partial charge is 0.226 e. The topological polar surface area (TPSA) is 74.5 Å². The fourth-order valence-corrected chi connectivity index (χ4v) is 4.08. The van der Waals surface area contributed by atoms with E-state index in [9.17, 15) is 0 Å². The van der Waals surface area contributed by atoms with Gasteiger partial charge < -0.3 is 10.3 Å². The predicted molar refractivity (Wildman–Crippen MR) is 109 cm³/mol. The van der Waals surface area contributed by atoms with Gasteiger partial charge in [-0.2, -0.15) is 10.1 Å². The SMILES string of the molecule is C=CC(=C)CCn1cc(C2CCC(n3ccc4c(N)nc(Cl)nc43)C2)cn1. The molecule has 3 heterocycles. The average molecular weight is 383 g/mol. The normalized spacial score (nSPS) is 19.6. The number of rotatable bonds is 6. The molecule has 1 saturated carbocycles. The molecular formula is C20H23ClN6. The molecule has 3 aromatic heterocycles. The lowest BCUT2D eigenvalue weighted by Crippen LogP contribution is -2.06. The van der Waals surface area contributed by atoms with Crippen LogP contribution >= 0.6 is 11.6 Å². The zero-order valence-corrected chi connectivity index (χ0v) is 15.9. The van der Waals surface area contributed by atoms with Gasteiger partial charge in [0, 0.05) is 25.0 Å². The van der Waals surface area contributed by atoms with Crippen LogP contribution in [0.25, 0.3) is 11.0 Å². The Morgan fingerprint density at radius 3 is 3.04 bits per heavy atom. The third kappa shape index (κ3) is 3.49. The second kappa shape index (κ2) is 7.19. The molecule has 27 heavy (non-hydrogen) atoms. The van der Waals surface area contributed by atoms with Gasteiger partial charge in [-0.1, -0.05) is 24.8 Å². The van der Waals surface area contributed by atoms with Crippen LogP contribution in [0.5, 0.6) is 0 Å². The minimum absolute atomic E-state index is 0.192. The molecule has 0 aliphatic heterocycles. The van der Waals surface area contributed by atoms with E-state index < -0.39 is 0 Å². The first-order chi connectivity index (χ1) is 13.0. The van der Waals surface area contributed by atoms with Crippen molar-refractivity contribution in [3.63, 3.8) is 0 Å². The molecular weight excluding hydrogens is 360 g/mol. The number of allylic oxidation sites excluding steroid dienone is 2. The van der Waals surface area contributed by atoms with E-state index in [2.05, 4.69) is 39.0 Å². The molecule has 0 radical (unpaired) electrons. The molecule has 0 saturated heterocycles. The van der Waals surface area contributed by atoms with Crippen molar-refractivity contribution in [2.24, 2.45) is 0 Å². The van der Waals surface area contributed by atoms with Crippen molar-refractivity contribution in [1.29, 1.82) is 0 Å². The van der Waals surface area contributed by atoms with Crippen molar-refractivity contribution >= 4 is 28.5 Å². The quantitative estimate of drug-likeness (QED) is 0.503. The molecule has 2 unspecified atom stereocenters. The maximum atomic E-state index is 6.01. The molecule has 3 aromatic rings. The Morgan fingerprint density at radius 2 is 2.22 bits per heavy atom. The average Bonchev–Trinajstić information content (AvgIpc) is 3.37. The van der Waals surface area contributed by atoms with Gasteiger partial charge in [-0.25, -0.2) is 4.98 Å². The summed E-state index contributed by atoms with van der Waals surface area (Å²) in [5.41, 5.74) is 9.13. The van der Waals surface area contributed by atoms with Gasteiger partial charge in [-0.15, -0.1) is 0 Å². The van der Waals surface area contributed by atoms with Crippen molar-refractivity contribution in [3.05, 3.63) is 60.3 Å². The number of hydrogen-bond donors (Lipinski definition) is 1. The predicted octanol–water partition coefficient (Wildman–Crippen LogP) is 4.50. The zero-order chi connectivity index (χ0) is 19.0. The minimum atomic E-state index is 0.192.